The molecule has 0 radical (unpaired) electrons. The van der Waals surface area contributed by atoms with Gasteiger partial charge >= 0.3 is 0 Å². The third-order valence-corrected chi connectivity index (χ3v) is 6.09. The predicted molar refractivity (Wildman–Crippen MR) is 129 cm³/mol. The van der Waals surface area contributed by atoms with Crippen molar-refractivity contribution in [1.82, 2.24) is 0 Å². The van der Waals surface area contributed by atoms with Gasteiger partial charge in [0.2, 0.25) is 0 Å². The molecule has 3 nitrogen and oxygen atoms in total. The first-order valence-corrected chi connectivity index (χ1v) is 11.3. The number of hydrogen-bond donors (Lipinski definition) is 0. The molecule has 0 N–H and O–H groups in total. The van der Waals surface area contributed by atoms with Crippen molar-refractivity contribution in [3.63, 3.8) is 0 Å². The van der Waals surface area contributed by atoms with Gasteiger partial charge in [0, 0.05) is 0 Å². The quantitative estimate of drug-likeness (QED) is 0.354. The second-order valence-electron chi connectivity index (χ2n) is 8.35. The highest BCUT2D eigenvalue weighted by Crippen LogP contribution is 2.31. The van der Waals surface area contributed by atoms with Crippen molar-refractivity contribution in [2.75, 3.05) is 20.3 Å². The van der Waals surface area contributed by atoms with Crippen LogP contribution in [0.4, 0.5) is 0 Å². The van der Waals surface area contributed by atoms with Crippen LogP contribution in [0.25, 0.3) is 10.8 Å². The molecule has 5 rings (SSSR count). The smallest absolute Gasteiger partial charge is 0.161 e. The Morgan fingerprint density at radius 1 is 0.594 bits per heavy atom. The van der Waals surface area contributed by atoms with Crippen LogP contribution in [-0.2, 0) is 25.7 Å². The molecule has 3 heteroatoms. The maximum Gasteiger partial charge on any atom is 0.161 e. The molecule has 162 valence electrons. The molecule has 0 unspecified atom stereocenters. The molecule has 0 atom stereocenters. The molecule has 0 saturated carbocycles. The predicted octanol–water partition coefficient (Wildman–Crippen LogP) is 6.19. The van der Waals surface area contributed by atoms with E-state index in [4.69, 9.17) is 14.2 Å². The zero-order valence-electron chi connectivity index (χ0n) is 18.5. The van der Waals surface area contributed by atoms with E-state index in [1.165, 1.54) is 33.0 Å². The van der Waals surface area contributed by atoms with Gasteiger partial charge in [-0.2, -0.15) is 0 Å². The van der Waals surface area contributed by atoms with E-state index in [-0.39, 0.29) is 0 Å². The lowest BCUT2D eigenvalue weighted by Crippen LogP contribution is -2.15. The third kappa shape index (κ3) is 4.72. The fourth-order valence-electron chi connectivity index (χ4n) is 4.35. The van der Waals surface area contributed by atoms with Crippen LogP contribution in [0.1, 0.15) is 22.3 Å². The Labute approximate surface area is 189 Å². The van der Waals surface area contributed by atoms with Gasteiger partial charge in [-0.1, -0.05) is 54.6 Å². The molecule has 1 aliphatic heterocycles. The van der Waals surface area contributed by atoms with Gasteiger partial charge in [-0.3, -0.25) is 0 Å². The lowest BCUT2D eigenvalue weighted by molar-refractivity contribution is 0.171. The molecule has 0 saturated heterocycles. The van der Waals surface area contributed by atoms with Gasteiger partial charge in [0.05, 0.1) is 7.11 Å². The Kier molecular flexibility index (Phi) is 5.98. The van der Waals surface area contributed by atoms with E-state index in [1.807, 2.05) is 6.07 Å². The first-order valence-electron chi connectivity index (χ1n) is 11.3. The van der Waals surface area contributed by atoms with Crippen LogP contribution in [0.3, 0.4) is 0 Å². The molecule has 0 amide bonds. The van der Waals surface area contributed by atoms with E-state index in [1.54, 1.807) is 7.11 Å². The van der Waals surface area contributed by atoms with Gasteiger partial charge in [-0.05, 0) is 83.0 Å². The molecule has 32 heavy (non-hydrogen) atoms. The number of ether oxygens (including phenoxy) is 3. The number of methoxy groups -OCH3 is 1. The molecule has 0 spiro atoms. The van der Waals surface area contributed by atoms with Gasteiger partial charge in [0.1, 0.15) is 19.0 Å². The maximum absolute atomic E-state index is 5.73. The Bertz CT molecular complexity index is 1230. The first-order chi connectivity index (χ1) is 15.8. The van der Waals surface area contributed by atoms with Crippen molar-refractivity contribution in [3.05, 3.63) is 101 Å². The Morgan fingerprint density at radius 3 is 1.97 bits per heavy atom. The number of fused-ring (bicyclic) bond motifs is 2. The van der Waals surface area contributed by atoms with Gasteiger partial charge in [-0.15, -0.1) is 0 Å². The Hall–Kier alpha value is -3.46. The van der Waals surface area contributed by atoms with Crippen molar-refractivity contribution >= 4 is 10.8 Å². The van der Waals surface area contributed by atoms with Crippen molar-refractivity contribution in [2.24, 2.45) is 0 Å². The molecular weight excluding hydrogens is 396 g/mol. The molecule has 0 aromatic heterocycles. The van der Waals surface area contributed by atoms with Crippen LogP contribution in [0.15, 0.2) is 78.9 Å². The van der Waals surface area contributed by atoms with E-state index in [0.717, 1.165) is 42.9 Å². The number of rotatable bonds is 7. The summed E-state index contributed by atoms with van der Waals surface area (Å²) >= 11 is 0. The summed E-state index contributed by atoms with van der Waals surface area (Å²) in [7, 11) is 1.74. The summed E-state index contributed by atoms with van der Waals surface area (Å²) in [6.07, 6.45) is 3.92. The number of benzene rings is 4. The summed E-state index contributed by atoms with van der Waals surface area (Å²) in [6, 6.07) is 28.2. The average Bonchev–Trinajstić information content (AvgIpc) is 2.86. The van der Waals surface area contributed by atoms with Crippen LogP contribution in [-0.4, -0.2) is 20.3 Å². The molecule has 1 aliphatic rings. The molecule has 4 aromatic rings. The van der Waals surface area contributed by atoms with Gasteiger partial charge in [-0.25, -0.2) is 0 Å². The molecule has 0 aliphatic carbocycles. The minimum atomic E-state index is 0.618. The highest BCUT2D eigenvalue weighted by molar-refractivity contribution is 5.83. The zero-order valence-corrected chi connectivity index (χ0v) is 18.5. The van der Waals surface area contributed by atoms with Gasteiger partial charge in [0.25, 0.3) is 0 Å². The molecule has 0 fully saturated rings. The standard InChI is InChI=1S/C29H28O3/c1-30-27-18-23(8-6-21-10-12-25-4-2-3-5-26(25)17-21)16-24(19-27)9-7-22-11-13-28-29(20-22)32-15-14-31-28/h2-5,10-13,16-20H,6-9,14-15H2,1H3. The van der Waals surface area contributed by atoms with Gasteiger partial charge < -0.3 is 14.2 Å². The summed E-state index contributed by atoms with van der Waals surface area (Å²) in [5, 5.41) is 2.59. The Balaban J connectivity index is 1.27. The molecule has 0 bridgehead atoms. The normalized spacial score (nSPS) is 12.7. The van der Waals surface area contributed by atoms with Crippen LogP contribution >= 0.6 is 0 Å². The minimum absolute atomic E-state index is 0.618. The van der Waals surface area contributed by atoms with Crippen LogP contribution < -0.4 is 14.2 Å². The first kappa shape index (κ1) is 20.4. The largest absolute Gasteiger partial charge is 0.497 e. The molecule has 1 heterocycles. The van der Waals surface area contributed by atoms with E-state index >= 15 is 0 Å². The summed E-state index contributed by atoms with van der Waals surface area (Å²) in [6.45, 7) is 1.24. The number of hydrogen-bond acceptors (Lipinski definition) is 3. The second kappa shape index (κ2) is 9.35. The monoisotopic (exact) mass is 424 g/mol. The number of aryl methyl sites for hydroxylation is 4. The van der Waals surface area contributed by atoms with E-state index in [0.29, 0.717) is 13.2 Å². The maximum atomic E-state index is 5.73. The van der Waals surface area contributed by atoms with Crippen LogP contribution in [0, 0.1) is 0 Å². The summed E-state index contributed by atoms with van der Waals surface area (Å²) < 4.78 is 17.0. The van der Waals surface area contributed by atoms with E-state index < -0.39 is 0 Å². The summed E-state index contributed by atoms with van der Waals surface area (Å²) in [5.74, 6) is 2.63. The topological polar surface area (TPSA) is 27.7 Å². The third-order valence-electron chi connectivity index (χ3n) is 6.09. The summed E-state index contributed by atoms with van der Waals surface area (Å²) in [4.78, 5) is 0. The SMILES string of the molecule is COc1cc(CCc2ccc3c(c2)OCCO3)cc(CCc2ccc3ccccc3c2)c1. The molecule has 4 aromatic carbocycles. The average molecular weight is 425 g/mol. The lowest BCUT2D eigenvalue weighted by atomic mass is 9.97. The van der Waals surface area contributed by atoms with Crippen molar-refractivity contribution < 1.29 is 14.2 Å². The fourth-order valence-corrected chi connectivity index (χ4v) is 4.35. The van der Waals surface area contributed by atoms with Crippen molar-refractivity contribution in [2.45, 2.75) is 25.7 Å². The lowest BCUT2D eigenvalue weighted by Gasteiger charge is -2.19. The molecular formula is C29H28O3. The van der Waals surface area contributed by atoms with Crippen LogP contribution in [0.5, 0.6) is 17.2 Å². The van der Waals surface area contributed by atoms with Gasteiger partial charge in [0.15, 0.2) is 11.5 Å². The highest BCUT2D eigenvalue weighted by Gasteiger charge is 2.12. The van der Waals surface area contributed by atoms with Crippen LogP contribution in [0.2, 0.25) is 0 Å². The minimum Gasteiger partial charge on any atom is -0.497 e. The zero-order chi connectivity index (χ0) is 21.8. The second-order valence-corrected chi connectivity index (χ2v) is 8.35. The van der Waals surface area contributed by atoms with Crippen molar-refractivity contribution in [1.29, 1.82) is 0 Å². The van der Waals surface area contributed by atoms with E-state index in [9.17, 15) is 0 Å². The Morgan fingerprint density at radius 2 is 1.22 bits per heavy atom. The highest BCUT2D eigenvalue weighted by atomic mass is 16.6. The van der Waals surface area contributed by atoms with E-state index in [2.05, 4.69) is 72.8 Å². The summed E-state index contributed by atoms with van der Waals surface area (Å²) in [5.41, 5.74) is 5.24. The van der Waals surface area contributed by atoms with Crippen molar-refractivity contribution in [3.8, 4) is 17.2 Å². The fraction of sp³-hybridized carbons (Fsp3) is 0.241.